The van der Waals surface area contributed by atoms with Gasteiger partial charge in [-0.25, -0.2) is 8.42 Å². The minimum absolute atomic E-state index is 0.0656. The van der Waals surface area contributed by atoms with E-state index in [1.807, 2.05) is 0 Å². The molecule has 4 rings (SSSR count). The van der Waals surface area contributed by atoms with E-state index in [0.29, 0.717) is 17.7 Å². The summed E-state index contributed by atoms with van der Waals surface area (Å²) in [6.45, 7) is 0. The second kappa shape index (κ2) is 9.30. The predicted molar refractivity (Wildman–Crippen MR) is 119 cm³/mol. The molecule has 0 saturated heterocycles. The number of ketones is 1. The molecule has 1 N–H and O–H groups in total. The number of pyridine rings is 1. The van der Waals surface area contributed by atoms with Crippen molar-refractivity contribution in [2.24, 2.45) is 0 Å². The number of rotatable bonds is 8. The molecular weight excluding hydrogens is 469 g/mol. The van der Waals surface area contributed by atoms with Gasteiger partial charge in [-0.2, -0.15) is 0 Å². The van der Waals surface area contributed by atoms with Crippen LogP contribution in [-0.2, 0) is 22.0 Å². The molecule has 6 nitrogen and oxygen atoms in total. The quantitative estimate of drug-likeness (QED) is 0.342. The summed E-state index contributed by atoms with van der Waals surface area (Å²) in [5.41, 5.74) is 2.55. The van der Waals surface area contributed by atoms with Crippen LogP contribution in [-0.4, -0.2) is 30.5 Å². The number of para-hydroxylation sites is 1. The maximum atomic E-state index is 12.7. The summed E-state index contributed by atoms with van der Waals surface area (Å²) >= 11 is 0. The lowest BCUT2D eigenvalue weighted by atomic mass is 10.0. The maximum absolute atomic E-state index is 12.7. The van der Waals surface area contributed by atoms with Gasteiger partial charge in [0.1, 0.15) is 10.6 Å². The Balaban J connectivity index is 1.41. The Morgan fingerprint density at radius 1 is 1.00 bits per heavy atom. The van der Waals surface area contributed by atoms with Crippen LogP contribution in [0.5, 0.6) is 5.75 Å². The number of alkyl halides is 3. The van der Waals surface area contributed by atoms with E-state index in [1.54, 1.807) is 48.8 Å². The molecule has 0 saturated carbocycles. The first-order valence-electron chi connectivity index (χ1n) is 10.2. The minimum atomic E-state index is -5.01. The lowest BCUT2D eigenvalue weighted by Gasteiger charge is -2.13. The lowest BCUT2D eigenvalue weighted by molar-refractivity contribution is -0.275. The van der Waals surface area contributed by atoms with Crippen LogP contribution in [0.4, 0.5) is 13.2 Å². The first-order valence-corrected chi connectivity index (χ1v) is 11.9. The van der Waals surface area contributed by atoms with Crippen molar-refractivity contribution in [2.45, 2.75) is 29.9 Å². The van der Waals surface area contributed by atoms with Crippen molar-refractivity contribution in [3.05, 3.63) is 89.9 Å². The van der Waals surface area contributed by atoms with Crippen LogP contribution in [0.2, 0.25) is 0 Å². The number of hydrogen-bond acceptors (Lipinski definition) is 5. The summed E-state index contributed by atoms with van der Waals surface area (Å²) in [6.07, 6.45) is -1.00. The van der Waals surface area contributed by atoms with E-state index in [2.05, 4.69) is 14.7 Å². The number of carbonyl (C=O) groups excluding carboxylic acids is 1. The molecule has 0 unspecified atom stereocenters. The molecule has 0 fully saturated rings. The van der Waals surface area contributed by atoms with Gasteiger partial charge in [0.15, 0.2) is 15.6 Å². The summed E-state index contributed by atoms with van der Waals surface area (Å²) in [4.78, 5) is 19.1. The largest absolute Gasteiger partial charge is 0.573 e. The molecule has 176 valence electrons. The number of halogens is 3. The van der Waals surface area contributed by atoms with Crippen molar-refractivity contribution in [1.29, 1.82) is 0 Å². The van der Waals surface area contributed by atoms with Crippen LogP contribution in [0.3, 0.4) is 0 Å². The monoisotopic (exact) mass is 488 g/mol. The van der Waals surface area contributed by atoms with Crippen LogP contribution in [0.15, 0.2) is 78.0 Å². The third kappa shape index (κ3) is 5.63. The Hall–Kier alpha value is -3.66. The van der Waals surface area contributed by atoms with Gasteiger partial charge in [-0.3, -0.25) is 9.78 Å². The van der Waals surface area contributed by atoms with Gasteiger partial charge < -0.3 is 9.72 Å². The van der Waals surface area contributed by atoms with E-state index in [4.69, 9.17) is 0 Å². The number of benzene rings is 2. The molecule has 4 aromatic rings. The Bertz CT molecular complexity index is 1400. The van der Waals surface area contributed by atoms with Crippen molar-refractivity contribution in [2.75, 3.05) is 0 Å². The number of H-pyrrole nitrogens is 1. The summed E-state index contributed by atoms with van der Waals surface area (Å²) in [7, 11) is -4.09. The summed E-state index contributed by atoms with van der Waals surface area (Å²) in [5.74, 6) is -1.32. The van der Waals surface area contributed by atoms with Crippen molar-refractivity contribution >= 4 is 26.5 Å². The van der Waals surface area contributed by atoms with Crippen molar-refractivity contribution in [3.8, 4) is 5.75 Å². The number of aryl methyl sites for hydroxylation is 1. The van der Waals surface area contributed by atoms with E-state index in [9.17, 15) is 26.4 Å². The fourth-order valence-electron chi connectivity index (χ4n) is 3.53. The fraction of sp³-hybridized carbons (Fsp3) is 0.167. The zero-order valence-corrected chi connectivity index (χ0v) is 18.5. The third-order valence-electron chi connectivity index (χ3n) is 5.15. The van der Waals surface area contributed by atoms with Crippen molar-refractivity contribution in [1.82, 2.24) is 9.97 Å². The van der Waals surface area contributed by atoms with E-state index in [1.165, 1.54) is 12.1 Å². The highest BCUT2D eigenvalue weighted by Crippen LogP contribution is 2.31. The molecule has 0 atom stereocenters. The average Bonchev–Trinajstić information content (AvgIpc) is 3.22. The number of hydrogen-bond donors (Lipinski definition) is 1. The van der Waals surface area contributed by atoms with Gasteiger partial charge in [0.05, 0.1) is 11.4 Å². The maximum Gasteiger partial charge on any atom is 0.573 e. The first-order chi connectivity index (χ1) is 16.1. The number of carbonyl (C=O) groups is 1. The third-order valence-corrected chi connectivity index (χ3v) is 6.87. The standard InChI is InChI=1S/C24H19F3N2O4S/c25-24(26,27)33-22-3-1-2-4-23(22)34(31,32)15-17-7-5-16(6-8-17)9-10-21(30)20-13-18-14-28-12-11-19(18)29-20/h1-8,11-14,29H,9-10,15H2. The Labute approximate surface area is 193 Å². The molecule has 0 aliphatic heterocycles. The summed E-state index contributed by atoms with van der Waals surface area (Å²) in [6, 6.07) is 14.7. The van der Waals surface area contributed by atoms with Gasteiger partial charge in [0.2, 0.25) is 0 Å². The Kier molecular flexibility index (Phi) is 6.43. The van der Waals surface area contributed by atoms with Gasteiger partial charge in [0, 0.05) is 29.7 Å². The van der Waals surface area contributed by atoms with E-state index in [0.717, 1.165) is 28.6 Å². The molecule has 0 bridgehead atoms. The molecule has 2 heterocycles. The second-order valence-electron chi connectivity index (χ2n) is 7.64. The van der Waals surface area contributed by atoms with E-state index >= 15 is 0 Å². The molecule has 2 aromatic heterocycles. The average molecular weight is 488 g/mol. The summed E-state index contributed by atoms with van der Waals surface area (Å²) in [5, 5.41) is 0.846. The van der Waals surface area contributed by atoms with E-state index in [-0.39, 0.29) is 12.2 Å². The highest BCUT2D eigenvalue weighted by molar-refractivity contribution is 7.90. The number of nitrogens with one attached hydrogen (secondary N) is 1. The molecule has 0 radical (unpaired) electrons. The molecule has 0 aliphatic rings. The Morgan fingerprint density at radius 2 is 1.71 bits per heavy atom. The van der Waals surface area contributed by atoms with Gasteiger partial charge in [-0.05, 0) is 41.8 Å². The molecular formula is C24H19F3N2O4S. The lowest BCUT2D eigenvalue weighted by Crippen LogP contribution is -2.19. The fourth-order valence-corrected chi connectivity index (χ4v) is 5.02. The highest BCUT2D eigenvalue weighted by Gasteiger charge is 2.34. The van der Waals surface area contributed by atoms with Crippen LogP contribution < -0.4 is 4.74 Å². The number of ether oxygens (including phenoxy) is 1. The van der Waals surface area contributed by atoms with Crippen LogP contribution in [0.1, 0.15) is 28.0 Å². The van der Waals surface area contributed by atoms with Crippen LogP contribution >= 0.6 is 0 Å². The number of aromatic amines is 1. The first kappa shape index (κ1) is 23.5. The summed E-state index contributed by atoms with van der Waals surface area (Å²) < 4.78 is 67.2. The minimum Gasteiger partial charge on any atom is -0.404 e. The normalized spacial score (nSPS) is 12.1. The number of Topliss-reactive ketones (excluding diaryl/α,β-unsaturated/α-hetero) is 1. The molecule has 0 spiro atoms. The zero-order chi connectivity index (χ0) is 24.3. The van der Waals surface area contributed by atoms with Crippen molar-refractivity contribution < 1.29 is 31.1 Å². The van der Waals surface area contributed by atoms with Crippen LogP contribution in [0, 0.1) is 0 Å². The number of fused-ring (bicyclic) bond motifs is 1. The zero-order valence-electron chi connectivity index (χ0n) is 17.7. The smallest absolute Gasteiger partial charge is 0.404 e. The number of aromatic nitrogens is 2. The number of sulfone groups is 1. The molecule has 34 heavy (non-hydrogen) atoms. The SMILES string of the molecule is O=C(CCc1ccc(CS(=O)(=O)c2ccccc2OC(F)(F)F)cc1)c1cc2cnccc2[nH]1. The molecule has 2 aromatic carbocycles. The second-order valence-corrected chi connectivity index (χ2v) is 9.60. The van der Waals surface area contributed by atoms with Crippen molar-refractivity contribution in [3.63, 3.8) is 0 Å². The predicted octanol–water partition coefficient (Wildman–Crippen LogP) is 5.25. The van der Waals surface area contributed by atoms with Gasteiger partial charge in [-0.1, -0.05) is 36.4 Å². The van der Waals surface area contributed by atoms with Gasteiger partial charge in [-0.15, -0.1) is 13.2 Å². The highest BCUT2D eigenvalue weighted by atomic mass is 32.2. The number of nitrogens with zero attached hydrogens (tertiary/aromatic N) is 1. The van der Waals surface area contributed by atoms with E-state index < -0.39 is 32.6 Å². The topological polar surface area (TPSA) is 89.1 Å². The molecule has 10 heteroatoms. The molecule has 0 aliphatic carbocycles. The van der Waals surface area contributed by atoms with Gasteiger partial charge >= 0.3 is 6.36 Å². The van der Waals surface area contributed by atoms with Crippen LogP contribution in [0.25, 0.3) is 10.9 Å². The van der Waals surface area contributed by atoms with Gasteiger partial charge in [0.25, 0.3) is 0 Å². The Morgan fingerprint density at radius 3 is 2.41 bits per heavy atom. The molecule has 0 amide bonds.